The Labute approximate surface area is 186 Å². The molecule has 0 aliphatic rings. The first-order valence-corrected chi connectivity index (χ1v) is 11.2. The third-order valence-corrected chi connectivity index (χ3v) is 5.80. The van der Waals surface area contributed by atoms with Gasteiger partial charge in [0.1, 0.15) is 11.6 Å². The molecular formula is C23H27FN4O2S. The fraction of sp³-hybridized carbons (Fsp3) is 0.348. The average Bonchev–Trinajstić information content (AvgIpc) is 3.17. The van der Waals surface area contributed by atoms with Crippen LogP contribution in [0.1, 0.15) is 27.7 Å². The maximum atomic E-state index is 14.7. The highest BCUT2D eigenvalue weighted by molar-refractivity contribution is 7.99. The van der Waals surface area contributed by atoms with Crippen molar-refractivity contribution in [3.63, 3.8) is 0 Å². The lowest BCUT2D eigenvalue weighted by molar-refractivity contribution is -0.119. The van der Waals surface area contributed by atoms with Crippen molar-refractivity contribution in [2.75, 3.05) is 12.4 Å². The van der Waals surface area contributed by atoms with E-state index in [9.17, 15) is 9.18 Å². The van der Waals surface area contributed by atoms with E-state index in [4.69, 9.17) is 4.74 Å². The van der Waals surface area contributed by atoms with E-state index < -0.39 is 5.82 Å². The first-order chi connectivity index (χ1) is 14.9. The van der Waals surface area contributed by atoms with Crippen molar-refractivity contribution in [2.45, 2.75) is 38.9 Å². The highest BCUT2D eigenvalue weighted by Crippen LogP contribution is 2.30. The zero-order chi connectivity index (χ0) is 22.4. The molecule has 1 heterocycles. The number of halogens is 1. The molecule has 164 valence electrons. The normalized spacial score (nSPS) is 12.1. The highest BCUT2D eigenvalue weighted by Gasteiger charge is 2.20. The van der Waals surface area contributed by atoms with Gasteiger partial charge in [-0.2, -0.15) is 0 Å². The van der Waals surface area contributed by atoms with E-state index in [-0.39, 0.29) is 17.7 Å². The Hall–Kier alpha value is -2.87. The van der Waals surface area contributed by atoms with Gasteiger partial charge in [-0.25, -0.2) is 4.39 Å². The van der Waals surface area contributed by atoms with Gasteiger partial charge < -0.3 is 10.1 Å². The van der Waals surface area contributed by atoms with Crippen LogP contribution in [0.4, 0.5) is 4.39 Å². The van der Waals surface area contributed by atoms with Crippen LogP contribution in [-0.2, 0) is 4.79 Å². The van der Waals surface area contributed by atoms with Gasteiger partial charge in [0.05, 0.1) is 18.0 Å². The molecule has 0 radical (unpaired) electrons. The summed E-state index contributed by atoms with van der Waals surface area (Å²) in [7, 11) is 0. The van der Waals surface area contributed by atoms with Crippen LogP contribution in [0, 0.1) is 11.7 Å². The predicted octanol–water partition coefficient (Wildman–Crippen LogP) is 4.72. The van der Waals surface area contributed by atoms with Crippen LogP contribution in [0.5, 0.6) is 5.75 Å². The molecule has 0 saturated heterocycles. The van der Waals surface area contributed by atoms with Crippen molar-refractivity contribution < 1.29 is 13.9 Å². The van der Waals surface area contributed by atoms with Gasteiger partial charge in [0.25, 0.3) is 0 Å². The molecule has 0 aliphatic carbocycles. The Morgan fingerprint density at radius 2 is 1.84 bits per heavy atom. The molecule has 0 bridgehead atoms. The summed E-state index contributed by atoms with van der Waals surface area (Å²) < 4.78 is 21.8. The summed E-state index contributed by atoms with van der Waals surface area (Å²) in [6, 6.07) is 13.9. The summed E-state index contributed by atoms with van der Waals surface area (Å²) in [6.45, 7) is 8.57. The number of amides is 1. The quantitative estimate of drug-likeness (QED) is 0.486. The topological polar surface area (TPSA) is 69.0 Å². The molecule has 1 unspecified atom stereocenters. The van der Waals surface area contributed by atoms with Crippen LogP contribution >= 0.6 is 11.8 Å². The number of nitrogens with zero attached hydrogens (tertiary/aromatic N) is 3. The molecular weight excluding hydrogens is 415 g/mol. The summed E-state index contributed by atoms with van der Waals surface area (Å²) in [6.07, 6.45) is 0. The van der Waals surface area contributed by atoms with E-state index in [0.717, 1.165) is 11.3 Å². The molecule has 1 N–H and O–H groups in total. The molecule has 3 rings (SSSR count). The van der Waals surface area contributed by atoms with Crippen LogP contribution < -0.4 is 10.1 Å². The maximum absolute atomic E-state index is 14.7. The molecule has 31 heavy (non-hydrogen) atoms. The van der Waals surface area contributed by atoms with Gasteiger partial charge in [0.2, 0.25) is 5.91 Å². The van der Waals surface area contributed by atoms with E-state index in [1.807, 2.05) is 38.1 Å². The molecule has 0 fully saturated rings. The number of benzene rings is 2. The van der Waals surface area contributed by atoms with Crippen LogP contribution in [-0.4, -0.2) is 39.1 Å². The largest absolute Gasteiger partial charge is 0.494 e. The number of thioether (sulfide) groups is 1. The van der Waals surface area contributed by atoms with Crippen molar-refractivity contribution in [3.05, 3.63) is 54.3 Å². The Balaban J connectivity index is 1.91. The number of carbonyl (C=O) groups is 1. The van der Waals surface area contributed by atoms with Crippen LogP contribution in [0.25, 0.3) is 17.1 Å². The van der Waals surface area contributed by atoms with Crippen LogP contribution in [0.15, 0.2) is 53.7 Å². The molecule has 0 saturated carbocycles. The Morgan fingerprint density at radius 1 is 1.13 bits per heavy atom. The van der Waals surface area contributed by atoms with Gasteiger partial charge in [-0.3, -0.25) is 9.36 Å². The summed E-state index contributed by atoms with van der Waals surface area (Å²) in [5, 5.41) is 12.0. The van der Waals surface area contributed by atoms with Crippen molar-refractivity contribution in [2.24, 2.45) is 5.92 Å². The van der Waals surface area contributed by atoms with E-state index >= 15 is 0 Å². The fourth-order valence-electron chi connectivity index (χ4n) is 2.86. The first kappa shape index (κ1) is 22.8. The average molecular weight is 443 g/mol. The number of para-hydroxylation sites is 1. The minimum Gasteiger partial charge on any atom is -0.494 e. The number of ether oxygens (including phenoxy) is 1. The van der Waals surface area contributed by atoms with Crippen LogP contribution in [0.2, 0.25) is 0 Å². The smallest absolute Gasteiger partial charge is 0.230 e. The lowest BCUT2D eigenvalue weighted by atomic mass is 10.1. The Morgan fingerprint density at radius 3 is 2.48 bits per heavy atom. The van der Waals surface area contributed by atoms with Gasteiger partial charge in [-0.1, -0.05) is 37.7 Å². The number of rotatable bonds is 9. The lowest BCUT2D eigenvalue weighted by Gasteiger charge is -2.17. The van der Waals surface area contributed by atoms with Gasteiger partial charge in [0.15, 0.2) is 11.0 Å². The van der Waals surface area contributed by atoms with Gasteiger partial charge in [0, 0.05) is 11.6 Å². The molecule has 3 aromatic rings. The minimum absolute atomic E-state index is 0.0666. The predicted molar refractivity (Wildman–Crippen MR) is 121 cm³/mol. The second-order valence-corrected chi connectivity index (χ2v) is 8.38. The lowest BCUT2D eigenvalue weighted by Crippen LogP contribution is -2.37. The Kier molecular flexibility index (Phi) is 7.68. The summed E-state index contributed by atoms with van der Waals surface area (Å²) in [5.41, 5.74) is 1.10. The van der Waals surface area contributed by atoms with Gasteiger partial charge in [-0.05, 0) is 56.2 Å². The minimum atomic E-state index is -0.394. The zero-order valence-electron chi connectivity index (χ0n) is 18.1. The monoisotopic (exact) mass is 442 g/mol. The van der Waals surface area contributed by atoms with Crippen molar-refractivity contribution in [1.29, 1.82) is 0 Å². The van der Waals surface area contributed by atoms with Gasteiger partial charge >= 0.3 is 0 Å². The molecule has 1 aromatic heterocycles. The Bertz CT molecular complexity index is 1020. The number of hydrogen-bond donors (Lipinski definition) is 1. The van der Waals surface area contributed by atoms with Crippen molar-refractivity contribution in [1.82, 2.24) is 20.1 Å². The first-order valence-electron chi connectivity index (χ1n) is 10.3. The molecule has 2 aromatic carbocycles. The second kappa shape index (κ2) is 10.4. The molecule has 0 spiro atoms. The van der Waals surface area contributed by atoms with E-state index in [1.165, 1.54) is 17.8 Å². The molecule has 8 heteroatoms. The number of nitrogens with one attached hydrogen (secondary N) is 1. The third kappa shape index (κ3) is 5.64. The molecule has 6 nitrogen and oxygen atoms in total. The number of aromatic nitrogens is 3. The summed E-state index contributed by atoms with van der Waals surface area (Å²) in [4.78, 5) is 12.3. The number of hydrogen-bond acceptors (Lipinski definition) is 5. The van der Waals surface area contributed by atoms with Crippen molar-refractivity contribution in [3.8, 4) is 22.8 Å². The third-order valence-electron chi connectivity index (χ3n) is 4.87. The van der Waals surface area contributed by atoms with E-state index in [0.29, 0.717) is 29.2 Å². The summed E-state index contributed by atoms with van der Waals surface area (Å²) >= 11 is 1.23. The molecule has 0 aliphatic heterocycles. The highest BCUT2D eigenvalue weighted by atomic mass is 32.2. The van der Waals surface area contributed by atoms with Crippen LogP contribution in [0.3, 0.4) is 0 Å². The second-order valence-electron chi connectivity index (χ2n) is 7.44. The van der Waals surface area contributed by atoms with E-state index in [2.05, 4.69) is 29.4 Å². The summed E-state index contributed by atoms with van der Waals surface area (Å²) in [5.74, 6) is 1.24. The standard InChI is InChI=1S/C23H27FN4O2S/c1-5-30-18-12-10-17(11-13-18)22-26-27-23(28(22)20-9-7-6-8-19(20)24)31-14-21(29)25-16(4)15(2)3/h6-13,15-16H,5,14H2,1-4H3,(H,25,29). The van der Waals surface area contributed by atoms with Crippen molar-refractivity contribution >= 4 is 17.7 Å². The number of carbonyl (C=O) groups excluding carboxylic acids is 1. The molecule has 1 atom stereocenters. The molecule has 1 amide bonds. The fourth-order valence-corrected chi connectivity index (χ4v) is 3.62. The van der Waals surface area contributed by atoms with E-state index in [1.54, 1.807) is 22.8 Å². The maximum Gasteiger partial charge on any atom is 0.230 e. The van der Waals surface area contributed by atoms with Gasteiger partial charge in [-0.15, -0.1) is 10.2 Å². The zero-order valence-corrected chi connectivity index (χ0v) is 18.9. The SMILES string of the molecule is CCOc1ccc(-c2nnc(SCC(=O)NC(C)C(C)C)n2-c2ccccc2F)cc1.